The summed E-state index contributed by atoms with van der Waals surface area (Å²) >= 11 is 0. The van der Waals surface area contributed by atoms with Crippen LogP contribution >= 0.6 is 0 Å². The van der Waals surface area contributed by atoms with E-state index in [1.807, 2.05) is 13.8 Å². The molecule has 0 saturated carbocycles. The monoisotopic (exact) mass is 423 g/mol. The van der Waals surface area contributed by atoms with Crippen LogP contribution in [0.2, 0.25) is 0 Å². The number of pyridine rings is 1. The molecule has 1 heterocycles. The van der Waals surface area contributed by atoms with Crippen molar-refractivity contribution in [3.05, 3.63) is 63.6 Å². The largest absolute Gasteiger partial charge is 0.417 e. The van der Waals surface area contributed by atoms with Gasteiger partial charge in [0.2, 0.25) is 0 Å². The van der Waals surface area contributed by atoms with Gasteiger partial charge in [0, 0.05) is 26.3 Å². The molecule has 2 aromatic rings. The third kappa shape index (κ3) is 5.28. The number of hydrogen-bond donors (Lipinski definition) is 1. The van der Waals surface area contributed by atoms with E-state index in [0.717, 1.165) is 29.5 Å². The summed E-state index contributed by atoms with van der Waals surface area (Å²) in [7, 11) is 1.41. The minimum absolute atomic E-state index is 0.165. The topological polar surface area (TPSA) is 71.4 Å². The van der Waals surface area contributed by atoms with Crippen LogP contribution in [-0.4, -0.2) is 34.4 Å². The second kappa shape index (κ2) is 9.60. The van der Waals surface area contributed by atoms with E-state index in [-0.39, 0.29) is 17.2 Å². The SMILES string of the molecule is CCCN(CCC)C(=O)c1cc(NC(=O)c2ccccc2C(F)(F)F)c(=O)n(C)c1. The average Bonchev–Trinajstić information content (AvgIpc) is 2.69. The minimum Gasteiger partial charge on any atom is -0.339 e. The first-order chi connectivity index (χ1) is 14.1. The highest BCUT2D eigenvalue weighted by atomic mass is 19.4. The van der Waals surface area contributed by atoms with Crippen LogP contribution in [0.5, 0.6) is 0 Å². The summed E-state index contributed by atoms with van der Waals surface area (Å²) in [6, 6.07) is 5.50. The van der Waals surface area contributed by atoms with Crippen molar-refractivity contribution < 1.29 is 22.8 Å². The Hall–Kier alpha value is -3.10. The number of aryl methyl sites for hydroxylation is 1. The molecule has 0 fully saturated rings. The molecule has 0 aliphatic carbocycles. The van der Waals surface area contributed by atoms with E-state index in [1.54, 1.807) is 4.90 Å². The lowest BCUT2D eigenvalue weighted by atomic mass is 10.1. The Morgan fingerprint density at radius 2 is 1.70 bits per heavy atom. The van der Waals surface area contributed by atoms with Gasteiger partial charge in [0.05, 0.1) is 16.7 Å². The van der Waals surface area contributed by atoms with E-state index < -0.39 is 28.8 Å². The van der Waals surface area contributed by atoms with Crippen LogP contribution in [0.4, 0.5) is 18.9 Å². The first kappa shape index (κ1) is 23.2. The van der Waals surface area contributed by atoms with Crippen LogP contribution in [0.1, 0.15) is 53.0 Å². The Balaban J connectivity index is 2.41. The molecular formula is C21H24F3N3O3. The predicted molar refractivity (Wildman–Crippen MR) is 108 cm³/mol. The highest BCUT2D eigenvalue weighted by Crippen LogP contribution is 2.32. The second-order valence-electron chi connectivity index (χ2n) is 6.85. The fourth-order valence-electron chi connectivity index (χ4n) is 3.07. The maximum Gasteiger partial charge on any atom is 0.417 e. The molecule has 1 N–H and O–H groups in total. The molecule has 30 heavy (non-hydrogen) atoms. The number of benzene rings is 1. The van der Waals surface area contributed by atoms with Crippen molar-refractivity contribution in [2.24, 2.45) is 7.05 Å². The standard InChI is InChI=1S/C21H24F3N3O3/c1-4-10-27(11-5-2)19(29)14-12-17(20(30)26(3)13-14)25-18(28)15-8-6-7-9-16(15)21(22,23)24/h6-9,12-13H,4-5,10-11H2,1-3H3,(H,25,28). The zero-order valence-corrected chi connectivity index (χ0v) is 17.0. The van der Waals surface area contributed by atoms with Crippen molar-refractivity contribution >= 4 is 17.5 Å². The summed E-state index contributed by atoms with van der Waals surface area (Å²) in [6.07, 6.45) is -1.88. The maximum atomic E-state index is 13.2. The van der Waals surface area contributed by atoms with Crippen molar-refractivity contribution in [3.63, 3.8) is 0 Å². The Bertz CT molecular complexity index is 977. The Kier molecular flexibility index (Phi) is 7.42. The molecular weight excluding hydrogens is 399 g/mol. The van der Waals surface area contributed by atoms with E-state index in [0.29, 0.717) is 13.1 Å². The molecule has 0 spiro atoms. The molecule has 6 nitrogen and oxygen atoms in total. The van der Waals surface area contributed by atoms with Gasteiger partial charge >= 0.3 is 6.18 Å². The van der Waals surface area contributed by atoms with Gasteiger partial charge < -0.3 is 14.8 Å². The zero-order valence-electron chi connectivity index (χ0n) is 17.0. The lowest BCUT2D eigenvalue weighted by Crippen LogP contribution is -2.34. The summed E-state index contributed by atoms with van der Waals surface area (Å²) in [4.78, 5) is 39.4. The summed E-state index contributed by atoms with van der Waals surface area (Å²) in [6.45, 7) is 4.91. The fraction of sp³-hybridized carbons (Fsp3) is 0.381. The highest BCUT2D eigenvalue weighted by molar-refractivity contribution is 6.06. The van der Waals surface area contributed by atoms with Crippen molar-refractivity contribution in [2.45, 2.75) is 32.9 Å². The van der Waals surface area contributed by atoms with E-state index in [2.05, 4.69) is 5.32 Å². The number of rotatable bonds is 7. The maximum absolute atomic E-state index is 13.2. The molecule has 162 valence electrons. The van der Waals surface area contributed by atoms with Crippen LogP contribution in [0.15, 0.2) is 41.3 Å². The zero-order chi connectivity index (χ0) is 22.5. The Morgan fingerprint density at radius 3 is 2.27 bits per heavy atom. The molecule has 1 aromatic carbocycles. The number of anilines is 1. The van der Waals surface area contributed by atoms with E-state index >= 15 is 0 Å². The third-order valence-corrected chi connectivity index (χ3v) is 4.43. The molecule has 0 unspecified atom stereocenters. The van der Waals surface area contributed by atoms with Gasteiger partial charge in [0.25, 0.3) is 17.4 Å². The van der Waals surface area contributed by atoms with E-state index in [9.17, 15) is 27.6 Å². The molecule has 0 aliphatic rings. The summed E-state index contributed by atoms with van der Waals surface area (Å²) < 4.78 is 40.7. The first-order valence-electron chi connectivity index (χ1n) is 9.57. The van der Waals surface area contributed by atoms with Crippen molar-refractivity contribution in [1.82, 2.24) is 9.47 Å². The normalized spacial score (nSPS) is 11.3. The molecule has 1 aromatic heterocycles. The van der Waals surface area contributed by atoms with Gasteiger partial charge in [0.15, 0.2) is 0 Å². The van der Waals surface area contributed by atoms with Crippen LogP contribution in [0.3, 0.4) is 0 Å². The van der Waals surface area contributed by atoms with Gasteiger partial charge in [-0.05, 0) is 31.0 Å². The van der Waals surface area contributed by atoms with Gasteiger partial charge in [-0.3, -0.25) is 14.4 Å². The molecule has 0 saturated heterocycles. The lowest BCUT2D eigenvalue weighted by Gasteiger charge is -2.22. The number of nitrogens with zero attached hydrogens (tertiary/aromatic N) is 2. The predicted octanol–water partition coefficient (Wildman–Crippen LogP) is 3.92. The molecule has 2 rings (SSSR count). The van der Waals surface area contributed by atoms with Crippen molar-refractivity contribution in [1.29, 1.82) is 0 Å². The second-order valence-corrected chi connectivity index (χ2v) is 6.85. The number of nitrogens with one attached hydrogen (secondary N) is 1. The first-order valence-corrected chi connectivity index (χ1v) is 9.57. The number of carbonyl (C=O) groups excluding carboxylic acids is 2. The van der Waals surface area contributed by atoms with Crippen molar-refractivity contribution in [2.75, 3.05) is 18.4 Å². The highest BCUT2D eigenvalue weighted by Gasteiger charge is 2.35. The van der Waals surface area contributed by atoms with E-state index in [1.165, 1.54) is 31.4 Å². The average molecular weight is 423 g/mol. The summed E-state index contributed by atoms with van der Waals surface area (Å²) in [5.74, 6) is -1.40. The Morgan fingerprint density at radius 1 is 1.10 bits per heavy atom. The minimum atomic E-state index is -4.72. The summed E-state index contributed by atoms with van der Waals surface area (Å²) in [5, 5.41) is 2.24. The number of hydrogen-bond acceptors (Lipinski definition) is 3. The number of halogens is 3. The number of alkyl halides is 3. The number of aromatic nitrogens is 1. The molecule has 0 atom stereocenters. The molecule has 0 bridgehead atoms. The number of carbonyl (C=O) groups is 2. The summed E-state index contributed by atoms with van der Waals surface area (Å²) in [5.41, 5.74) is -2.45. The van der Waals surface area contributed by atoms with Gasteiger partial charge in [0.1, 0.15) is 5.69 Å². The van der Waals surface area contributed by atoms with Gasteiger partial charge in [-0.25, -0.2) is 0 Å². The quantitative estimate of drug-likeness (QED) is 0.734. The van der Waals surface area contributed by atoms with E-state index in [4.69, 9.17) is 0 Å². The molecule has 0 aliphatic heterocycles. The van der Waals surface area contributed by atoms with Gasteiger partial charge in [-0.2, -0.15) is 13.2 Å². The number of amides is 2. The van der Waals surface area contributed by atoms with Crippen LogP contribution in [0, 0.1) is 0 Å². The fourth-order valence-corrected chi connectivity index (χ4v) is 3.07. The van der Waals surface area contributed by atoms with Gasteiger partial charge in [-0.1, -0.05) is 26.0 Å². The Labute approximate surface area is 172 Å². The van der Waals surface area contributed by atoms with Crippen LogP contribution in [-0.2, 0) is 13.2 Å². The van der Waals surface area contributed by atoms with Crippen molar-refractivity contribution in [3.8, 4) is 0 Å². The van der Waals surface area contributed by atoms with Crippen LogP contribution in [0.25, 0.3) is 0 Å². The lowest BCUT2D eigenvalue weighted by molar-refractivity contribution is -0.137. The van der Waals surface area contributed by atoms with Gasteiger partial charge in [-0.15, -0.1) is 0 Å². The third-order valence-electron chi connectivity index (χ3n) is 4.43. The molecule has 9 heteroatoms. The molecule has 0 radical (unpaired) electrons. The smallest absolute Gasteiger partial charge is 0.339 e. The molecule has 2 amide bonds. The van der Waals surface area contributed by atoms with Crippen LogP contribution < -0.4 is 10.9 Å².